The second-order valence-electron chi connectivity index (χ2n) is 3.96. The van der Waals surface area contributed by atoms with Gasteiger partial charge in [0, 0.05) is 22.1 Å². The monoisotopic (exact) mass is 274 g/mol. The Morgan fingerprint density at radius 1 is 1.11 bits per heavy atom. The molecule has 1 heterocycles. The van der Waals surface area contributed by atoms with E-state index in [0.29, 0.717) is 4.47 Å². The lowest BCUT2D eigenvalue weighted by molar-refractivity contribution is 1.18. The molecule has 0 amide bonds. The number of thiazole rings is 1. The lowest BCUT2D eigenvalue weighted by atomic mass is 10.1. The van der Waals surface area contributed by atoms with Crippen LogP contribution in [0.25, 0.3) is 10.8 Å². The predicted octanol–water partition coefficient (Wildman–Crippen LogP) is 4.56. The van der Waals surface area contributed by atoms with E-state index in [2.05, 4.69) is 52.8 Å². The van der Waals surface area contributed by atoms with E-state index >= 15 is 0 Å². The van der Waals surface area contributed by atoms with Crippen LogP contribution in [0.15, 0.2) is 48.7 Å². The third kappa shape index (κ3) is 2.33. The van der Waals surface area contributed by atoms with Crippen LogP contribution >= 0.6 is 22.9 Å². The van der Waals surface area contributed by atoms with Gasteiger partial charge < -0.3 is 5.32 Å². The molecule has 90 valence electrons. The summed E-state index contributed by atoms with van der Waals surface area (Å²) in [5, 5.41) is 5.90. The number of nitrogens with zero attached hydrogens (tertiary/aromatic N) is 1. The maximum absolute atomic E-state index is 5.82. The van der Waals surface area contributed by atoms with Crippen LogP contribution in [-0.2, 0) is 6.54 Å². The van der Waals surface area contributed by atoms with Crippen LogP contribution in [0.2, 0.25) is 4.47 Å². The van der Waals surface area contributed by atoms with Crippen LogP contribution in [0.3, 0.4) is 0 Å². The molecule has 1 N–H and O–H groups in total. The van der Waals surface area contributed by atoms with Crippen molar-refractivity contribution in [1.29, 1.82) is 0 Å². The number of hydrogen-bond donors (Lipinski definition) is 1. The van der Waals surface area contributed by atoms with Crippen molar-refractivity contribution in [2.45, 2.75) is 6.54 Å². The summed E-state index contributed by atoms with van der Waals surface area (Å²) < 4.78 is 0.588. The molecule has 0 atom stereocenters. The van der Waals surface area contributed by atoms with E-state index in [4.69, 9.17) is 11.6 Å². The molecule has 2 aromatic carbocycles. The first-order chi connectivity index (χ1) is 8.83. The zero-order valence-corrected chi connectivity index (χ0v) is 11.1. The highest BCUT2D eigenvalue weighted by Gasteiger charge is 2.02. The number of fused-ring (bicyclic) bond motifs is 1. The van der Waals surface area contributed by atoms with Gasteiger partial charge in [0.15, 0.2) is 4.47 Å². The summed E-state index contributed by atoms with van der Waals surface area (Å²) in [6.07, 6.45) is 1.81. The van der Waals surface area contributed by atoms with Crippen molar-refractivity contribution in [2.75, 3.05) is 5.32 Å². The standard InChI is InChI=1S/C14H11ClN2S/c15-14-17-9-11(18-14)8-16-13-7-3-5-10-4-1-2-6-12(10)13/h1-7,9,16H,8H2. The molecular formula is C14H11ClN2S. The number of hydrogen-bond acceptors (Lipinski definition) is 3. The Morgan fingerprint density at radius 2 is 1.94 bits per heavy atom. The largest absolute Gasteiger partial charge is 0.380 e. The Bertz CT molecular complexity index is 673. The van der Waals surface area contributed by atoms with Crippen molar-refractivity contribution in [3.05, 3.63) is 58.0 Å². The molecule has 0 fully saturated rings. The molecule has 4 heteroatoms. The van der Waals surface area contributed by atoms with Gasteiger partial charge in [0.25, 0.3) is 0 Å². The van der Waals surface area contributed by atoms with E-state index < -0.39 is 0 Å². The van der Waals surface area contributed by atoms with Gasteiger partial charge in [0.05, 0.1) is 6.54 Å². The van der Waals surface area contributed by atoms with Gasteiger partial charge in [-0.15, -0.1) is 11.3 Å². The first-order valence-electron chi connectivity index (χ1n) is 5.65. The molecule has 0 radical (unpaired) electrons. The van der Waals surface area contributed by atoms with E-state index in [1.54, 1.807) is 0 Å². The van der Waals surface area contributed by atoms with E-state index in [0.717, 1.165) is 17.1 Å². The first kappa shape index (κ1) is 11.5. The van der Waals surface area contributed by atoms with Crippen LogP contribution < -0.4 is 5.32 Å². The van der Waals surface area contributed by atoms with Crippen molar-refractivity contribution in [3.63, 3.8) is 0 Å². The molecule has 0 unspecified atom stereocenters. The molecule has 0 aliphatic carbocycles. The molecule has 2 nitrogen and oxygen atoms in total. The summed E-state index contributed by atoms with van der Waals surface area (Å²) in [4.78, 5) is 5.17. The van der Waals surface area contributed by atoms with Gasteiger partial charge in [-0.25, -0.2) is 4.98 Å². The Balaban J connectivity index is 1.86. The number of halogens is 1. The number of aromatic nitrogens is 1. The number of benzene rings is 2. The Kier molecular flexibility index (Phi) is 3.17. The zero-order valence-electron chi connectivity index (χ0n) is 9.56. The van der Waals surface area contributed by atoms with Crippen LogP contribution in [0, 0.1) is 0 Å². The molecule has 18 heavy (non-hydrogen) atoms. The van der Waals surface area contributed by atoms with Crippen molar-refractivity contribution >= 4 is 39.4 Å². The number of rotatable bonds is 3. The summed E-state index contributed by atoms with van der Waals surface area (Å²) in [5.41, 5.74) is 1.14. The minimum absolute atomic E-state index is 0.588. The van der Waals surface area contributed by atoms with Crippen LogP contribution in [0.5, 0.6) is 0 Å². The molecule has 1 aromatic heterocycles. The average Bonchev–Trinajstić information content (AvgIpc) is 2.82. The fourth-order valence-corrected chi connectivity index (χ4v) is 2.84. The third-order valence-electron chi connectivity index (χ3n) is 2.77. The zero-order chi connectivity index (χ0) is 12.4. The maximum atomic E-state index is 5.82. The quantitative estimate of drug-likeness (QED) is 0.757. The highest BCUT2D eigenvalue weighted by atomic mass is 35.5. The summed E-state index contributed by atoms with van der Waals surface area (Å²) in [6.45, 7) is 0.748. The smallest absolute Gasteiger partial charge is 0.183 e. The molecule has 0 aliphatic rings. The fraction of sp³-hybridized carbons (Fsp3) is 0.0714. The van der Waals surface area contributed by atoms with Gasteiger partial charge in [-0.1, -0.05) is 48.0 Å². The van der Waals surface area contributed by atoms with Crippen molar-refractivity contribution in [2.24, 2.45) is 0 Å². The van der Waals surface area contributed by atoms with Gasteiger partial charge in [-0.05, 0) is 11.5 Å². The molecule has 0 saturated carbocycles. The van der Waals surface area contributed by atoms with Crippen LogP contribution in [0.1, 0.15) is 4.88 Å². The summed E-state index contributed by atoms with van der Waals surface area (Å²) >= 11 is 7.32. The third-order valence-corrected chi connectivity index (χ3v) is 3.88. The molecule has 0 bridgehead atoms. The van der Waals surface area contributed by atoms with Gasteiger partial charge in [0.1, 0.15) is 0 Å². The summed E-state index contributed by atoms with van der Waals surface area (Å²) in [7, 11) is 0. The molecule has 0 saturated heterocycles. The normalized spacial score (nSPS) is 10.7. The highest BCUT2D eigenvalue weighted by Crippen LogP contribution is 2.24. The first-order valence-corrected chi connectivity index (χ1v) is 6.84. The van der Waals surface area contributed by atoms with Gasteiger partial charge in [0.2, 0.25) is 0 Å². The average molecular weight is 275 g/mol. The Labute approximate surface area is 114 Å². The second-order valence-corrected chi connectivity index (χ2v) is 5.66. The van der Waals surface area contributed by atoms with Crippen molar-refractivity contribution in [1.82, 2.24) is 4.98 Å². The number of anilines is 1. The number of nitrogens with one attached hydrogen (secondary N) is 1. The van der Waals surface area contributed by atoms with Gasteiger partial charge in [-0.2, -0.15) is 0 Å². The molecule has 3 rings (SSSR count). The predicted molar refractivity (Wildman–Crippen MR) is 78.4 cm³/mol. The van der Waals surface area contributed by atoms with E-state index in [1.807, 2.05) is 6.20 Å². The van der Waals surface area contributed by atoms with E-state index in [1.165, 1.54) is 22.1 Å². The Hall–Kier alpha value is -1.58. The SMILES string of the molecule is Clc1ncc(CNc2cccc3ccccc23)s1. The van der Waals surface area contributed by atoms with Gasteiger partial charge in [-0.3, -0.25) is 0 Å². The molecule has 0 spiro atoms. The topological polar surface area (TPSA) is 24.9 Å². The Morgan fingerprint density at radius 3 is 2.78 bits per heavy atom. The second kappa shape index (κ2) is 4.96. The summed E-state index contributed by atoms with van der Waals surface area (Å²) in [6, 6.07) is 14.6. The van der Waals surface area contributed by atoms with Gasteiger partial charge >= 0.3 is 0 Å². The minimum Gasteiger partial charge on any atom is -0.380 e. The maximum Gasteiger partial charge on any atom is 0.183 e. The van der Waals surface area contributed by atoms with Crippen molar-refractivity contribution in [3.8, 4) is 0 Å². The lowest BCUT2D eigenvalue weighted by Crippen LogP contribution is -1.97. The molecular weight excluding hydrogens is 264 g/mol. The highest BCUT2D eigenvalue weighted by molar-refractivity contribution is 7.15. The van der Waals surface area contributed by atoms with Crippen LogP contribution in [-0.4, -0.2) is 4.98 Å². The molecule has 3 aromatic rings. The van der Waals surface area contributed by atoms with Crippen molar-refractivity contribution < 1.29 is 0 Å². The fourth-order valence-electron chi connectivity index (χ4n) is 1.93. The minimum atomic E-state index is 0.588. The van der Waals surface area contributed by atoms with Crippen LogP contribution in [0.4, 0.5) is 5.69 Å². The van der Waals surface area contributed by atoms with E-state index in [-0.39, 0.29) is 0 Å². The van der Waals surface area contributed by atoms with E-state index in [9.17, 15) is 0 Å². The lowest BCUT2D eigenvalue weighted by Gasteiger charge is -2.08. The molecule has 0 aliphatic heterocycles. The summed E-state index contributed by atoms with van der Waals surface area (Å²) in [5.74, 6) is 0.